The number of nitrogens with one attached hydrogen (secondary N) is 1. The van der Waals surface area contributed by atoms with Crippen molar-refractivity contribution in [3.8, 4) is 0 Å². The van der Waals surface area contributed by atoms with Crippen molar-refractivity contribution in [2.45, 2.75) is 6.92 Å². The van der Waals surface area contributed by atoms with E-state index in [4.69, 9.17) is 11.6 Å². The van der Waals surface area contributed by atoms with E-state index in [1.54, 1.807) is 0 Å². The molecule has 0 aliphatic carbocycles. The van der Waals surface area contributed by atoms with Gasteiger partial charge in [0.05, 0.1) is 15.5 Å². The van der Waals surface area contributed by atoms with Crippen LogP contribution in [0.15, 0.2) is 52.4 Å². The highest BCUT2D eigenvalue weighted by Crippen LogP contribution is 2.31. The fraction of sp³-hybridized carbons (Fsp3) is 0.0588. The second kappa shape index (κ2) is 7.08. The smallest absolute Gasteiger partial charge is 0.270 e. The standard InChI is InChI=1S/C17H12ClN3O3S/c1-10-4-2-3-5-14(10)19-17-20-16(22)15(25-17)9-11-8-12(21(23)24)6-7-13(11)18/h2-9H,1H3,(H,19,20,22)/b15-9-. The molecule has 0 saturated carbocycles. The van der Waals surface area contributed by atoms with Gasteiger partial charge in [-0.05, 0) is 42.5 Å². The average molecular weight is 374 g/mol. The molecule has 0 radical (unpaired) electrons. The minimum Gasteiger partial charge on any atom is -0.300 e. The van der Waals surface area contributed by atoms with E-state index in [-0.39, 0.29) is 11.6 Å². The number of non-ortho nitro benzene ring substituents is 1. The van der Waals surface area contributed by atoms with E-state index in [2.05, 4.69) is 10.3 Å². The lowest BCUT2D eigenvalue weighted by molar-refractivity contribution is -0.384. The van der Waals surface area contributed by atoms with Gasteiger partial charge in [0.2, 0.25) is 0 Å². The van der Waals surface area contributed by atoms with Crippen molar-refractivity contribution in [3.63, 3.8) is 0 Å². The highest BCUT2D eigenvalue weighted by atomic mass is 35.5. The summed E-state index contributed by atoms with van der Waals surface area (Å²) >= 11 is 7.24. The molecule has 1 amide bonds. The zero-order valence-corrected chi connectivity index (χ0v) is 14.6. The van der Waals surface area contributed by atoms with Gasteiger partial charge in [0, 0.05) is 22.7 Å². The fourth-order valence-electron chi connectivity index (χ4n) is 2.18. The van der Waals surface area contributed by atoms with E-state index in [0.29, 0.717) is 20.7 Å². The van der Waals surface area contributed by atoms with E-state index >= 15 is 0 Å². The number of amides is 1. The summed E-state index contributed by atoms with van der Waals surface area (Å²) in [6.45, 7) is 1.93. The van der Waals surface area contributed by atoms with E-state index in [0.717, 1.165) is 23.0 Å². The molecule has 0 atom stereocenters. The maximum absolute atomic E-state index is 12.1. The van der Waals surface area contributed by atoms with Crippen LogP contribution in [0.4, 0.5) is 11.4 Å². The van der Waals surface area contributed by atoms with Gasteiger partial charge in [0.1, 0.15) is 0 Å². The van der Waals surface area contributed by atoms with Crippen molar-refractivity contribution in [2.24, 2.45) is 4.99 Å². The Morgan fingerprint density at radius 1 is 1.28 bits per heavy atom. The van der Waals surface area contributed by atoms with Crippen LogP contribution in [0.2, 0.25) is 5.02 Å². The molecule has 2 aromatic carbocycles. The Bertz CT molecular complexity index is 940. The van der Waals surface area contributed by atoms with Gasteiger partial charge in [-0.25, -0.2) is 4.99 Å². The third-order valence-corrected chi connectivity index (χ3v) is 4.72. The number of thioether (sulfide) groups is 1. The number of halogens is 1. The maximum atomic E-state index is 12.1. The molecule has 1 heterocycles. The number of nitro benzene ring substituents is 1. The first-order chi connectivity index (χ1) is 11.9. The molecule has 1 aliphatic heterocycles. The van der Waals surface area contributed by atoms with Crippen LogP contribution < -0.4 is 5.32 Å². The summed E-state index contributed by atoms with van der Waals surface area (Å²) < 4.78 is 0. The first kappa shape index (κ1) is 17.2. The van der Waals surface area contributed by atoms with Gasteiger partial charge in [0.25, 0.3) is 11.6 Å². The molecule has 25 heavy (non-hydrogen) atoms. The molecule has 0 spiro atoms. The number of rotatable bonds is 3. The third kappa shape index (κ3) is 3.89. The van der Waals surface area contributed by atoms with Crippen molar-refractivity contribution in [3.05, 3.63) is 73.6 Å². The van der Waals surface area contributed by atoms with E-state index in [1.165, 1.54) is 24.3 Å². The van der Waals surface area contributed by atoms with Gasteiger partial charge >= 0.3 is 0 Å². The predicted octanol–water partition coefficient (Wildman–Crippen LogP) is 4.45. The molecule has 2 aromatic rings. The van der Waals surface area contributed by atoms with Crippen molar-refractivity contribution < 1.29 is 9.72 Å². The largest absolute Gasteiger partial charge is 0.300 e. The molecule has 0 unspecified atom stereocenters. The SMILES string of the molecule is Cc1ccccc1N=C1NC(=O)/C(=C/c2cc([N+](=O)[O-])ccc2Cl)S1. The van der Waals surface area contributed by atoms with Crippen LogP contribution in [-0.2, 0) is 4.79 Å². The monoisotopic (exact) mass is 373 g/mol. The van der Waals surface area contributed by atoms with Crippen LogP contribution >= 0.6 is 23.4 Å². The molecule has 3 rings (SSSR count). The van der Waals surface area contributed by atoms with Crippen molar-refractivity contribution in [2.75, 3.05) is 0 Å². The first-order valence-electron chi connectivity index (χ1n) is 7.23. The molecule has 1 fully saturated rings. The molecular formula is C17H12ClN3O3S. The molecular weight excluding hydrogens is 362 g/mol. The summed E-state index contributed by atoms with van der Waals surface area (Å²) in [4.78, 5) is 27.3. The first-order valence-corrected chi connectivity index (χ1v) is 8.42. The van der Waals surface area contributed by atoms with E-state index < -0.39 is 4.92 Å². The lowest BCUT2D eigenvalue weighted by atomic mass is 10.2. The number of benzene rings is 2. The molecule has 6 nitrogen and oxygen atoms in total. The molecule has 0 bridgehead atoms. The lowest BCUT2D eigenvalue weighted by Crippen LogP contribution is -2.19. The number of amidine groups is 1. The summed E-state index contributed by atoms with van der Waals surface area (Å²) in [5, 5.41) is 14.4. The molecule has 0 aromatic heterocycles. The number of hydrogen-bond donors (Lipinski definition) is 1. The number of aryl methyl sites for hydroxylation is 1. The fourth-order valence-corrected chi connectivity index (χ4v) is 3.17. The van der Waals surface area contributed by atoms with Crippen LogP contribution in [0.5, 0.6) is 0 Å². The van der Waals surface area contributed by atoms with Crippen molar-refractivity contribution >= 4 is 51.9 Å². The Balaban J connectivity index is 1.91. The molecule has 1 N–H and O–H groups in total. The van der Waals surface area contributed by atoms with Gasteiger partial charge in [-0.1, -0.05) is 29.8 Å². The zero-order chi connectivity index (χ0) is 18.0. The Morgan fingerprint density at radius 3 is 2.76 bits per heavy atom. The van der Waals surface area contributed by atoms with Gasteiger partial charge in [0.15, 0.2) is 5.17 Å². The summed E-state index contributed by atoms with van der Waals surface area (Å²) in [6.07, 6.45) is 1.52. The number of nitro groups is 1. The maximum Gasteiger partial charge on any atom is 0.270 e. The van der Waals surface area contributed by atoms with Crippen molar-refractivity contribution in [1.82, 2.24) is 5.32 Å². The summed E-state index contributed by atoms with van der Waals surface area (Å²) in [6, 6.07) is 11.7. The van der Waals surface area contributed by atoms with Crippen LogP contribution in [0.25, 0.3) is 6.08 Å². The number of nitrogens with zero attached hydrogens (tertiary/aromatic N) is 2. The summed E-state index contributed by atoms with van der Waals surface area (Å²) in [5.74, 6) is -0.320. The molecule has 1 aliphatic rings. The topological polar surface area (TPSA) is 84.6 Å². The van der Waals surface area contributed by atoms with Gasteiger partial charge in [-0.2, -0.15) is 0 Å². The number of hydrogen-bond acceptors (Lipinski definition) is 5. The van der Waals surface area contributed by atoms with Crippen molar-refractivity contribution in [1.29, 1.82) is 0 Å². The quantitative estimate of drug-likeness (QED) is 0.489. The Kier molecular flexibility index (Phi) is 4.87. The van der Waals surface area contributed by atoms with E-state index in [9.17, 15) is 14.9 Å². The predicted molar refractivity (Wildman–Crippen MR) is 100 cm³/mol. The number of carbonyl (C=O) groups is 1. The zero-order valence-electron chi connectivity index (χ0n) is 13.0. The third-order valence-electron chi connectivity index (χ3n) is 3.47. The van der Waals surface area contributed by atoms with Gasteiger partial charge < -0.3 is 5.32 Å². The van der Waals surface area contributed by atoms with Crippen LogP contribution in [0, 0.1) is 17.0 Å². The second-order valence-corrected chi connectivity index (χ2v) is 6.67. The minimum atomic E-state index is -0.509. The lowest BCUT2D eigenvalue weighted by Gasteiger charge is -2.00. The number of aliphatic imine (C=N–C) groups is 1. The molecule has 8 heteroatoms. The second-order valence-electron chi connectivity index (χ2n) is 5.23. The average Bonchev–Trinajstić information content (AvgIpc) is 2.91. The summed E-state index contributed by atoms with van der Waals surface area (Å²) in [5.41, 5.74) is 2.07. The molecule has 126 valence electrons. The minimum absolute atomic E-state index is 0.0894. The Hall–Kier alpha value is -2.64. The highest BCUT2D eigenvalue weighted by Gasteiger charge is 2.24. The van der Waals surface area contributed by atoms with Crippen LogP contribution in [-0.4, -0.2) is 16.0 Å². The van der Waals surface area contributed by atoms with Gasteiger partial charge in [-0.15, -0.1) is 0 Å². The number of para-hydroxylation sites is 1. The van der Waals surface area contributed by atoms with Crippen LogP contribution in [0.3, 0.4) is 0 Å². The number of carbonyl (C=O) groups excluding carboxylic acids is 1. The highest BCUT2D eigenvalue weighted by molar-refractivity contribution is 8.18. The Morgan fingerprint density at radius 2 is 2.04 bits per heavy atom. The van der Waals surface area contributed by atoms with Crippen LogP contribution in [0.1, 0.15) is 11.1 Å². The molecule has 1 saturated heterocycles. The Labute approximate surface area is 152 Å². The normalized spacial score (nSPS) is 17.1. The van der Waals surface area contributed by atoms with Gasteiger partial charge in [-0.3, -0.25) is 14.9 Å². The summed E-state index contributed by atoms with van der Waals surface area (Å²) in [7, 11) is 0. The van der Waals surface area contributed by atoms with E-state index in [1.807, 2.05) is 31.2 Å².